The monoisotopic (exact) mass is 468 g/mol. The van der Waals surface area contributed by atoms with Crippen LogP contribution in [0, 0.1) is 0 Å². The molecule has 0 aromatic heterocycles. The van der Waals surface area contributed by atoms with Crippen LogP contribution in [-0.4, -0.2) is 19.3 Å². The number of benzene rings is 4. The van der Waals surface area contributed by atoms with Crippen molar-refractivity contribution in [2.45, 2.75) is 12.1 Å². The zero-order chi connectivity index (χ0) is 23.8. The minimum absolute atomic E-state index is 0.507. The average Bonchev–Trinajstić information content (AvgIpc) is 2.92. The molecule has 0 spiro atoms. The van der Waals surface area contributed by atoms with Gasteiger partial charge in [-0.15, -0.1) is 0 Å². The first-order chi connectivity index (χ1) is 16.7. The van der Waals surface area contributed by atoms with Gasteiger partial charge in [-0.25, -0.2) is 0 Å². The Kier molecular flexibility index (Phi) is 7.45. The molecule has 0 unspecified atom stereocenters. The summed E-state index contributed by atoms with van der Waals surface area (Å²) in [5, 5.41) is 7.58. The van der Waals surface area contributed by atoms with Gasteiger partial charge in [0.2, 0.25) is 0 Å². The van der Waals surface area contributed by atoms with Gasteiger partial charge in [0.1, 0.15) is 17.0 Å². The highest BCUT2D eigenvalue weighted by atomic mass is 32.1. The van der Waals surface area contributed by atoms with Gasteiger partial charge in [0.05, 0.1) is 14.2 Å². The summed E-state index contributed by atoms with van der Waals surface area (Å²) in [6, 6.07) is 36.9. The SMILES string of the molecule is COc1ccc(CNC(=S)NC(c2ccccc2)(c2ccccc2)c2ccccc2)c(OC)c1. The van der Waals surface area contributed by atoms with E-state index in [-0.39, 0.29) is 0 Å². The summed E-state index contributed by atoms with van der Waals surface area (Å²) in [4.78, 5) is 0. The van der Waals surface area contributed by atoms with Gasteiger partial charge in [0, 0.05) is 18.2 Å². The molecular weight excluding hydrogens is 440 g/mol. The summed E-state index contributed by atoms with van der Waals surface area (Å²) in [6.45, 7) is 0.507. The smallest absolute Gasteiger partial charge is 0.167 e. The van der Waals surface area contributed by atoms with Gasteiger partial charge < -0.3 is 20.1 Å². The van der Waals surface area contributed by atoms with Crippen LogP contribution in [0.25, 0.3) is 0 Å². The third kappa shape index (κ3) is 4.90. The van der Waals surface area contributed by atoms with Crippen molar-refractivity contribution in [1.29, 1.82) is 0 Å². The fourth-order valence-corrected chi connectivity index (χ4v) is 4.39. The van der Waals surface area contributed by atoms with E-state index in [1.807, 2.05) is 36.4 Å². The number of methoxy groups -OCH3 is 2. The van der Waals surface area contributed by atoms with Crippen LogP contribution in [0.5, 0.6) is 11.5 Å². The van der Waals surface area contributed by atoms with Gasteiger partial charge in [-0.3, -0.25) is 0 Å². The van der Waals surface area contributed by atoms with Crippen LogP contribution < -0.4 is 20.1 Å². The Balaban J connectivity index is 1.70. The molecule has 0 fully saturated rings. The number of hydrogen-bond acceptors (Lipinski definition) is 3. The summed E-state index contributed by atoms with van der Waals surface area (Å²) < 4.78 is 10.9. The highest BCUT2D eigenvalue weighted by molar-refractivity contribution is 7.80. The molecule has 2 N–H and O–H groups in total. The van der Waals surface area contributed by atoms with Gasteiger partial charge in [0.25, 0.3) is 0 Å². The second-order valence-corrected chi connectivity index (χ2v) is 8.24. The van der Waals surface area contributed by atoms with E-state index >= 15 is 0 Å². The topological polar surface area (TPSA) is 42.5 Å². The minimum atomic E-state index is -0.669. The standard InChI is InChI=1S/C29H28N2O2S/c1-32-26-19-18-22(27(20-26)33-2)21-30-28(34)31-29(23-12-6-3-7-13-23,24-14-8-4-9-15-24)25-16-10-5-11-17-25/h3-20H,21H2,1-2H3,(H2,30,31,34). The quantitative estimate of drug-likeness (QED) is 0.258. The Labute approximate surface area is 206 Å². The number of rotatable bonds is 8. The molecule has 0 bridgehead atoms. The lowest BCUT2D eigenvalue weighted by Crippen LogP contribution is -2.51. The minimum Gasteiger partial charge on any atom is -0.497 e. The summed E-state index contributed by atoms with van der Waals surface area (Å²) in [6.07, 6.45) is 0. The Bertz CT molecular complexity index is 1120. The lowest BCUT2D eigenvalue weighted by Gasteiger charge is -2.38. The first-order valence-electron chi connectivity index (χ1n) is 11.1. The first kappa shape index (κ1) is 23.3. The normalized spacial score (nSPS) is 10.9. The lowest BCUT2D eigenvalue weighted by molar-refractivity contribution is 0.390. The number of nitrogens with one attached hydrogen (secondary N) is 2. The number of hydrogen-bond donors (Lipinski definition) is 2. The molecule has 0 aliphatic carbocycles. The number of thiocarbonyl (C=S) groups is 1. The molecule has 0 atom stereocenters. The second-order valence-electron chi connectivity index (χ2n) is 7.83. The van der Waals surface area contributed by atoms with Crippen molar-refractivity contribution in [2.24, 2.45) is 0 Å². The zero-order valence-electron chi connectivity index (χ0n) is 19.3. The molecule has 34 heavy (non-hydrogen) atoms. The van der Waals surface area contributed by atoms with Gasteiger partial charge in [0.15, 0.2) is 5.11 Å². The summed E-state index contributed by atoms with van der Waals surface area (Å²) in [5.41, 5.74) is 3.60. The maximum atomic E-state index is 5.84. The van der Waals surface area contributed by atoms with E-state index in [4.69, 9.17) is 21.7 Å². The van der Waals surface area contributed by atoms with E-state index in [0.29, 0.717) is 11.7 Å². The molecule has 4 aromatic carbocycles. The van der Waals surface area contributed by atoms with Crippen molar-refractivity contribution in [3.05, 3.63) is 131 Å². The molecule has 0 saturated carbocycles. The third-order valence-electron chi connectivity index (χ3n) is 5.86. The molecule has 0 saturated heterocycles. The van der Waals surface area contributed by atoms with Gasteiger partial charge >= 0.3 is 0 Å². The van der Waals surface area contributed by atoms with Crippen molar-refractivity contribution < 1.29 is 9.47 Å². The van der Waals surface area contributed by atoms with E-state index in [1.165, 1.54) is 0 Å². The maximum absolute atomic E-state index is 5.84. The number of ether oxygens (including phenoxy) is 2. The lowest BCUT2D eigenvalue weighted by atomic mass is 9.77. The Morgan fingerprint density at radius 1 is 0.706 bits per heavy atom. The summed E-state index contributed by atoms with van der Waals surface area (Å²) in [7, 11) is 3.29. The predicted molar refractivity (Wildman–Crippen MR) is 141 cm³/mol. The molecule has 0 radical (unpaired) electrons. The second kappa shape index (κ2) is 10.9. The van der Waals surface area contributed by atoms with E-state index in [0.717, 1.165) is 33.8 Å². The van der Waals surface area contributed by atoms with Crippen molar-refractivity contribution >= 4 is 17.3 Å². The molecule has 0 aliphatic heterocycles. The van der Waals surface area contributed by atoms with Gasteiger partial charge in [-0.1, -0.05) is 91.0 Å². The highest BCUT2D eigenvalue weighted by Gasteiger charge is 2.36. The fraction of sp³-hybridized carbons (Fsp3) is 0.138. The molecule has 4 nitrogen and oxygen atoms in total. The van der Waals surface area contributed by atoms with Crippen molar-refractivity contribution in [1.82, 2.24) is 10.6 Å². The van der Waals surface area contributed by atoms with Gasteiger partial charge in [-0.05, 0) is 41.0 Å². The highest BCUT2D eigenvalue weighted by Crippen LogP contribution is 2.36. The van der Waals surface area contributed by atoms with Crippen molar-refractivity contribution in [3.8, 4) is 11.5 Å². The van der Waals surface area contributed by atoms with E-state index in [2.05, 4.69) is 83.4 Å². The Hall–Kier alpha value is -3.83. The zero-order valence-corrected chi connectivity index (χ0v) is 20.1. The van der Waals surface area contributed by atoms with Crippen molar-refractivity contribution in [3.63, 3.8) is 0 Å². The van der Waals surface area contributed by atoms with Crippen LogP contribution in [0.1, 0.15) is 22.3 Å². The van der Waals surface area contributed by atoms with Crippen LogP contribution in [0.4, 0.5) is 0 Å². The first-order valence-corrected chi connectivity index (χ1v) is 11.5. The van der Waals surface area contributed by atoms with Crippen molar-refractivity contribution in [2.75, 3.05) is 14.2 Å². The molecule has 5 heteroatoms. The maximum Gasteiger partial charge on any atom is 0.167 e. The third-order valence-corrected chi connectivity index (χ3v) is 6.10. The average molecular weight is 469 g/mol. The van der Waals surface area contributed by atoms with Crippen LogP contribution >= 0.6 is 12.2 Å². The fourth-order valence-electron chi connectivity index (χ4n) is 4.17. The van der Waals surface area contributed by atoms with Crippen LogP contribution in [0.3, 0.4) is 0 Å². The molecule has 172 valence electrons. The molecule has 0 amide bonds. The Morgan fingerprint density at radius 2 is 1.21 bits per heavy atom. The molecule has 4 rings (SSSR count). The Morgan fingerprint density at radius 3 is 1.65 bits per heavy atom. The van der Waals surface area contributed by atoms with Crippen LogP contribution in [0.2, 0.25) is 0 Å². The van der Waals surface area contributed by atoms with Gasteiger partial charge in [-0.2, -0.15) is 0 Å². The van der Waals surface area contributed by atoms with Crippen LogP contribution in [-0.2, 0) is 12.1 Å². The van der Waals surface area contributed by atoms with E-state index < -0.39 is 5.54 Å². The largest absolute Gasteiger partial charge is 0.497 e. The van der Waals surface area contributed by atoms with E-state index in [1.54, 1.807) is 14.2 Å². The molecule has 0 aliphatic rings. The molecular formula is C29H28N2O2S. The molecule has 4 aromatic rings. The van der Waals surface area contributed by atoms with Crippen LogP contribution in [0.15, 0.2) is 109 Å². The predicted octanol–water partition coefficient (Wildman–Crippen LogP) is 5.66. The summed E-state index contributed by atoms with van der Waals surface area (Å²) in [5.74, 6) is 1.49. The summed E-state index contributed by atoms with van der Waals surface area (Å²) >= 11 is 5.84. The van der Waals surface area contributed by atoms with E-state index in [9.17, 15) is 0 Å². The molecule has 0 heterocycles.